The first-order valence-corrected chi connectivity index (χ1v) is 5.94. The van der Waals surface area contributed by atoms with Crippen molar-refractivity contribution in [3.8, 4) is 5.75 Å². The summed E-state index contributed by atoms with van der Waals surface area (Å²) in [6.07, 6.45) is 5.39. The summed E-state index contributed by atoms with van der Waals surface area (Å²) >= 11 is 3.63. The highest BCUT2D eigenvalue weighted by Gasteiger charge is 2.20. The molecule has 0 amide bonds. The molecule has 1 aliphatic rings. The average molecular weight is 255 g/mol. The van der Waals surface area contributed by atoms with Crippen molar-refractivity contribution >= 4 is 15.9 Å². The molecule has 0 bridgehead atoms. The second-order valence-electron chi connectivity index (χ2n) is 3.84. The van der Waals surface area contributed by atoms with E-state index in [4.69, 9.17) is 4.74 Å². The van der Waals surface area contributed by atoms with Crippen LogP contribution in [0.4, 0.5) is 0 Å². The third-order valence-corrected chi connectivity index (χ3v) is 3.86. The van der Waals surface area contributed by atoms with Crippen molar-refractivity contribution in [1.82, 2.24) is 0 Å². The monoisotopic (exact) mass is 254 g/mol. The Morgan fingerprint density at radius 2 is 2.00 bits per heavy atom. The lowest BCUT2D eigenvalue weighted by Crippen LogP contribution is -1.95. The normalized spacial score (nSPS) is 17.3. The fourth-order valence-electron chi connectivity index (χ4n) is 2.24. The van der Waals surface area contributed by atoms with Crippen LogP contribution in [-0.2, 0) is 0 Å². The van der Waals surface area contributed by atoms with Crippen molar-refractivity contribution in [2.75, 3.05) is 7.11 Å². The van der Waals surface area contributed by atoms with Gasteiger partial charge < -0.3 is 4.74 Å². The van der Waals surface area contributed by atoms with E-state index >= 15 is 0 Å². The highest BCUT2D eigenvalue weighted by atomic mass is 79.9. The van der Waals surface area contributed by atoms with Crippen molar-refractivity contribution in [2.45, 2.75) is 31.6 Å². The molecule has 0 radical (unpaired) electrons. The van der Waals surface area contributed by atoms with Gasteiger partial charge in [0.05, 0.1) is 11.6 Å². The van der Waals surface area contributed by atoms with Gasteiger partial charge in [0.2, 0.25) is 0 Å². The molecule has 1 aromatic carbocycles. The van der Waals surface area contributed by atoms with Crippen LogP contribution >= 0.6 is 15.9 Å². The number of ether oxygens (including phenoxy) is 1. The van der Waals surface area contributed by atoms with Crippen LogP contribution in [0.3, 0.4) is 0 Å². The number of hydrogen-bond acceptors (Lipinski definition) is 1. The van der Waals surface area contributed by atoms with Gasteiger partial charge in [0.25, 0.3) is 0 Å². The first kappa shape index (κ1) is 10.0. The number of benzene rings is 1. The Morgan fingerprint density at radius 1 is 1.29 bits per heavy atom. The molecule has 0 N–H and O–H groups in total. The number of hydrogen-bond donors (Lipinski definition) is 0. The van der Waals surface area contributed by atoms with E-state index in [2.05, 4.69) is 28.1 Å². The first-order valence-electron chi connectivity index (χ1n) is 5.15. The van der Waals surface area contributed by atoms with E-state index in [9.17, 15) is 0 Å². The lowest BCUT2D eigenvalue weighted by molar-refractivity contribution is 0.411. The number of rotatable bonds is 2. The van der Waals surface area contributed by atoms with Crippen LogP contribution in [0.2, 0.25) is 0 Å². The fourth-order valence-corrected chi connectivity index (χ4v) is 2.99. The molecular formula is C12H15BrO. The highest BCUT2D eigenvalue weighted by Crippen LogP contribution is 2.40. The molecule has 2 heteroatoms. The van der Waals surface area contributed by atoms with Crippen molar-refractivity contribution in [3.05, 3.63) is 28.2 Å². The number of methoxy groups -OCH3 is 1. The Kier molecular flexibility index (Phi) is 3.12. The summed E-state index contributed by atoms with van der Waals surface area (Å²) in [4.78, 5) is 0. The van der Waals surface area contributed by atoms with Crippen LogP contribution in [-0.4, -0.2) is 7.11 Å². The fraction of sp³-hybridized carbons (Fsp3) is 0.500. The molecule has 2 rings (SSSR count). The smallest absolute Gasteiger partial charge is 0.133 e. The van der Waals surface area contributed by atoms with Gasteiger partial charge in [-0.05, 0) is 46.3 Å². The maximum atomic E-state index is 5.30. The van der Waals surface area contributed by atoms with Crippen molar-refractivity contribution in [3.63, 3.8) is 0 Å². The zero-order chi connectivity index (χ0) is 9.97. The van der Waals surface area contributed by atoms with E-state index in [-0.39, 0.29) is 0 Å². The van der Waals surface area contributed by atoms with Gasteiger partial charge in [-0.15, -0.1) is 0 Å². The van der Waals surface area contributed by atoms with Crippen LogP contribution in [0.1, 0.15) is 37.2 Å². The van der Waals surface area contributed by atoms with Crippen LogP contribution < -0.4 is 4.74 Å². The Morgan fingerprint density at radius 3 is 2.64 bits per heavy atom. The van der Waals surface area contributed by atoms with Gasteiger partial charge in [0.15, 0.2) is 0 Å². The molecule has 1 fully saturated rings. The minimum absolute atomic E-state index is 0.736. The van der Waals surface area contributed by atoms with E-state index in [0.29, 0.717) is 0 Å². The van der Waals surface area contributed by atoms with Gasteiger partial charge in [-0.2, -0.15) is 0 Å². The molecule has 0 saturated heterocycles. The largest absolute Gasteiger partial charge is 0.496 e. The molecule has 1 nitrogen and oxygen atoms in total. The van der Waals surface area contributed by atoms with Crippen LogP contribution in [0.5, 0.6) is 5.75 Å². The average Bonchev–Trinajstić information content (AvgIpc) is 2.71. The van der Waals surface area contributed by atoms with Gasteiger partial charge in [-0.1, -0.05) is 25.0 Å². The summed E-state index contributed by atoms with van der Waals surface area (Å²) in [6.45, 7) is 0. The quantitative estimate of drug-likeness (QED) is 0.772. The maximum Gasteiger partial charge on any atom is 0.133 e. The maximum absolute atomic E-state index is 5.30. The Bertz CT molecular complexity index is 316. The Labute approximate surface area is 93.6 Å². The van der Waals surface area contributed by atoms with Gasteiger partial charge in [0.1, 0.15) is 5.75 Å². The van der Waals surface area contributed by atoms with E-state index in [1.807, 2.05) is 6.07 Å². The summed E-state index contributed by atoms with van der Waals surface area (Å²) in [5.74, 6) is 1.69. The van der Waals surface area contributed by atoms with E-state index in [0.717, 1.165) is 16.1 Å². The summed E-state index contributed by atoms with van der Waals surface area (Å²) in [5, 5.41) is 0. The Hall–Kier alpha value is -0.500. The molecule has 0 heterocycles. The highest BCUT2D eigenvalue weighted by molar-refractivity contribution is 9.10. The molecule has 0 aromatic heterocycles. The minimum Gasteiger partial charge on any atom is -0.496 e. The molecule has 1 aromatic rings. The van der Waals surface area contributed by atoms with Gasteiger partial charge in [-0.25, -0.2) is 0 Å². The molecular weight excluding hydrogens is 240 g/mol. The molecule has 14 heavy (non-hydrogen) atoms. The van der Waals surface area contributed by atoms with Gasteiger partial charge in [-0.3, -0.25) is 0 Å². The molecule has 1 saturated carbocycles. The Balaban J connectivity index is 2.32. The topological polar surface area (TPSA) is 9.23 Å². The zero-order valence-corrected chi connectivity index (χ0v) is 10.0. The van der Waals surface area contributed by atoms with Gasteiger partial charge >= 0.3 is 0 Å². The van der Waals surface area contributed by atoms with E-state index in [1.165, 1.54) is 31.2 Å². The van der Waals surface area contributed by atoms with Crippen molar-refractivity contribution in [2.24, 2.45) is 0 Å². The lowest BCUT2D eigenvalue weighted by Gasteiger charge is -2.13. The van der Waals surface area contributed by atoms with E-state index in [1.54, 1.807) is 7.11 Å². The van der Waals surface area contributed by atoms with Crippen molar-refractivity contribution in [1.29, 1.82) is 0 Å². The molecule has 0 spiro atoms. The standard InChI is InChI=1S/C12H15BrO/c1-14-11-8-4-7-10(12(11)13)9-5-2-3-6-9/h4,7-9H,2-3,5-6H2,1H3. The van der Waals surface area contributed by atoms with Crippen LogP contribution in [0, 0.1) is 0 Å². The minimum atomic E-state index is 0.736. The predicted molar refractivity (Wildman–Crippen MR) is 61.9 cm³/mol. The first-order chi connectivity index (χ1) is 6.83. The summed E-state index contributed by atoms with van der Waals surface area (Å²) in [6, 6.07) is 6.29. The zero-order valence-electron chi connectivity index (χ0n) is 8.42. The third kappa shape index (κ3) is 1.81. The SMILES string of the molecule is COc1cccc(C2CCCC2)c1Br. The van der Waals surface area contributed by atoms with Crippen LogP contribution in [0.25, 0.3) is 0 Å². The van der Waals surface area contributed by atoms with Crippen LogP contribution in [0.15, 0.2) is 22.7 Å². The summed E-state index contributed by atoms with van der Waals surface area (Å²) in [5.41, 5.74) is 1.42. The van der Waals surface area contributed by atoms with Gasteiger partial charge in [0, 0.05) is 0 Å². The molecule has 76 valence electrons. The molecule has 0 atom stereocenters. The summed E-state index contributed by atoms with van der Waals surface area (Å²) < 4.78 is 6.45. The predicted octanol–water partition coefficient (Wildman–Crippen LogP) is 4.12. The second-order valence-corrected chi connectivity index (χ2v) is 4.64. The third-order valence-electron chi connectivity index (χ3n) is 3.01. The van der Waals surface area contributed by atoms with Crippen molar-refractivity contribution < 1.29 is 4.74 Å². The molecule has 0 aliphatic heterocycles. The lowest BCUT2D eigenvalue weighted by atomic mass is 9.98. The molecule has 1 aliphatic carbocycles. The van der Waals surface area contributed by atoms with E-state index < -0.39 is 0 Å². The number of halogens is 1. The summed E-state index contributed by atoms with van der Waals surface area (Å²) in [7, 11) is 1.72. The molecule has 0 unspecified atom stereocenters. The second kappa shape index (κ2) is 4.35.